The molecule has 0 bridgehead atoms. The van der Waals surface area contributed by atoms with E-state index in [2.05, 4.69) is 11.3 Å². The van der Waals surface area contributed by atoms with Crippen LogP contribution >= 0.6 is 0 Å². The molecule has 0 saturated carbocycles. The molecule has 6 nitrogen and oxygen atoms in total. The highest BCUT2D eigenvalue weighted by molar-refractivity contribution is 7.92. The third kappa shape index (κ3) is 4.60. The van der Waals surface area contributed by atoms with Crippen LogP contribution < -0.4 is 9.04 Å². The quantitative estimate of drug-likeness (QED) is 0.534. The van der Waals surface area contributed by atoms with E-state index in [0.29, 0.717) is 18.0 Å². The monoisotopic (exact) mass is 361 g/mol. The van der Waals surface area contributed by atoms with Crippen molar-refractivity contribution >= 4 is 21.7 Å². The maximum atomic E-state index is 12.9. The number of esters is 1. The average Bonchev–Trinajstić information content (AvgIpc) is 2.65. The molecule has 0 N–H and O–H groups in total. The highest BCUT2D eigenvalue weighted by atomic mass is 32.2. The molecular formula is C18H19NO5S. The fourth-order valence-electron chi connectivity index (χ4n) is 2.08. The van der Waals surface area contributed by atoms with Crippen molar-refractivity contribution in [2.24, 2.45) is 0 Å². The number of sulfonamides is 1. The number of methoxy groups -OCH3 is 1. The summed E-state index contributed by atoms with van der Waals surface area (Å²) in [5.41, 5.74) is 0.334. The molecule has 0 spiro atoms. The lowest BCUT2D eigenvalue weighted by Gasteiger charge is -2.23. The zero-order valence-electron chi connectivity index (χ0n) is 13.8. The van der Waals surface area contributed by atoms with Crippen molar-refractivity contribution < 1.29 is 22.7 Å². The number of benzene rings is 2. The normalized spacial score (nSPS) is 10.8. The Hall–Kier alpha value is -2.80. The minimum atomic E-state index is -3.91. The van der Waals surface area contributed by atoms with Gasteiger partial charge in [0.1, 0.15) is 18.9 Å². The van der Waals surface area contributed by atoms with Crippen LogP contribution in [0, 0.1) is 0 Å². The van der Waals surface area contributed by atoms with E-state index in [1.165, 1.54) is 19.2 Å². The Bertz CT molecular complexity index is 816. The molecule has 0 aromatic heterocycles. The number of carbonyl (C=O) groups is 1. The van der Waals surface area contributed by atoms with Crippen molar-refractivity contribution in [1.29, 1.82) is 0 Å². The lowest BCUT2D eigenvalue weighted by atomic mass is 10.3. The summed E-state index contributed by atoms with van der Waals surface area (Å²) in [6.45, 7) is 3.48. The molecule has 0 amide bonds. The van der Waals surface area contributed by atoms with E-state index in [9.17, 15) is 13.2 Å². The van der Waals surface area contributed by atoms with Crippen LogP contribution in [0.3, 0.4) is 0 Å². The molecule has 0 unspecified atom stereocenters. The Morgan fingerprint density at radius 1 is 1.12 bits per heavy atom. The van der Waals surface area contributed by atoms with E-state index in [-0.39, 0.29) is 4.90 Å². The van der Waals surface area contributed by atoms with E-state index in [4.69, 9.17) is 4.74 Å². The lowest BCUT2D eigenvalue weighted by molar-refractivity contribution is -0.138. The van der Waals surface area contributed by atoms with Crippen LogP contribution in [0.5, 0.6) is 5.75 Å². The van der Waals surface area contributed by atoms with Gasteiger partial charge in [-0.05, 0) is 36.4 Å². The second kappa shape index (κ2) is 8.34. The maximum Gasteiger partial charge on any atom is 0.326 e. The summed E-state index contributed by atoms with van der Waals surface area (Å²) < 4.78 is 36.8. The fourth-order valence-corrected chi connectivity index (χ4v) is 3.51. The highest BCUT2D eigenvalue weighted by Gasteiger charge is 2.27. The van der Waals surface area contributed by atoms with Crippen molar-refractivity contribution in [2.45, 2.75) is 4.90 Å². The van der Waals surface area contributed by atoms with Gasteiger partial charge in [0.25, 0.3) is 10.0 Å². The van der Waals surface area contributed by atoms with Crippen molar-refractivity contribution in [3.8, 4) is 5.75 Å². The number of hydrogen-bond donors (Lipinski definition) is 0. The summed E-state index contributed by atoms with van der Waals surface area (Å²) in [5, 5.41) is 0. The molecule has 0 atom stereocenters. The van der Waals surface area contributed by atoms with E-state index in [1.807, 2.05) is 0 Å². The lowest BCUT2D eigenvalue weighted by Crippen LogP contribution is -2.36. The summed E-state index contributed by atoms with van der Waals surface area (Å²) in [4.78, 5) is 11.8. The largest absolute Gasteiger partial charge is 0.490 e. The number of ether oxygens (including phenoxy) is 2. The van der Waals surface area contributed by atoms with Crippen LogP contribution in [0.15, 0.2) is 72.1 Å². The summed E-state index contributed by atoms with van der Waals surface area (Å²) in [6, 6.07) is 14.3. The number of nitrogens with zero attached hydrogens (tertiary/aromatic N) is 1. The highest BCUT2D eigenvalue weighted by Crippen LogP contribution is 2.25. The Morgan fingerprint density at radius 2 is 1.76 bits per heavy atom. The molecule has 0 aliphatic carbocycles. The van der Waals surface area contributed by atoms with Crippen molar-refractivity contribution in [2.75, 3.05) is 24.6 Å². The zero-order valence-corrected chi connectivity index (χ0v) is 14.6. The van der Waals surface area contributed by atoms with Crippen molar-refractivity contribution in [1.82, 2.24) is 0 Å². The Morgan fingerprint density at radius 3 is 2.32 bits per heavy atom. The first-order valence-electron chi connectivity index (χ1n) is 7.47. The van der Waals surface area contributed by atoms with Gasteiger partial charge < -0.3 is 9.47 Å². The maximum absolute atomic E-state index is 12.9. The summed E-state index contributed by atoms with van der Waals surface area (Å²) in [6.07, 6.45) is 1.61. The third-order valence-corrected chi connectivity index (χ3v) is 5.11. The Kier molecular flexibility index (Phi) is 6.19. The van der Waals surface area contributed by atoms with Gasteiger partial charge in [-0.1, -0.05) is 30.9 Å². The first-order valence-corrected chi connectivity index (χ1v) is 8.91. The fraction of sp³-hybridized carbons (Fsp3) is 0.167. The zero-order chi connectivity index (χ0) is 18.3. The van der Waals surface area contributed by atoms with Crippen LogP contribution in [0.4, 0.5) is 5.69 Å². The predicted molar refractivity (Wildman–Crippen MR) is 95.1 cm³/mol. The number of carbonyl (C=O) groups excluding carboxylic acids is 1. The molecule has 25 heavy (non-hydrogen) atoms. The van der Waals surface area contributed by atoms with E-state index < -0.39 is 22.5 Å². The first kappa shape index (κ1) is 18.5. The number of rotatable bonds is 8. The van der Waals surface area contributed by atoms with Gasteiger partial charge in [-0.3, -0.25) is 9.10 Å². The van der Waals surface area contributed by atoms with Crippen LogP contribution in [-0.2, 0) is 19.6 Å². The molecule has 7 heteroatoms. The molecule has 0 saturated heterocycles. The van der Waals surface area contributed by atoms with Crippen molar-refractivity contribution in [3.63, 3.8) is 0 Å². The number of hydrogen-bond acceptors (Lipinski definition) is 5. The predicted octanol–water partition coefficient (Wildman–Crippen LogP) is 2.62. The van der Waals surface area contributed by atoms with Gasteiger partial charge in [0, 0.05) is 0 Å². The topological polar surface area (TPSA) is 72.9 Å². The Labute approximate surface area is 147 Å². The summed E-state index contributed by atoms with van der Waals surface area (Å²) in [5.74, 6) is -0.0923. The molecule has 2 aromatic carbocycles. The van der Waals surface area contributed by atoms with Gasteiger partial charge >= 0.3 is 5.97 Å². The molecule has 0 heterocycles. The average molecular weight is 361 g/mol. The standard InChI is InChI=1S/C18H19NO5S/c1-3-13-24-16-11-9-15(10-12-16)19(14-18(20)23-2)25(21,22)17-7-5-4-6-8-17/h3-12H,1,13-14H2,2H3. The van der Waals surface area contributed by atoms with Gasteiger partial charge in [0.2, 0.25) is 0 Å². The second-order valence-electron chi connectivity index (χ2n) is 4.99. The van der Waals surface area contributed by atoms with Gasteiger partial charge in [0.15, 0.2) is 0 Å². The third-order valence-electron chi connectivity index (χ3n) is 3.32. The molecule has 0 aliphatic heterocycles. The van der Waals surface area contributed by atoms with Crippen molar-refractivity contribution in [3.05, 3.63) is 67.3 Å². The van der Waals surface area contributed by atoms with E-state index in [1.54, 1.807) is 48.5 Å². The first-order chi connectivity index (χ1) is 12.0. The minimum Gasteiger partial charge on any atom is -0.490 e. The van der Waals surface area contributed by atoms with E-state index in [0.717, 1.165) is 4.31 Å². The van der Waals surface area contributed by atoms with Gasteiger partial charge in [-0.2, -0.15) is 0 Å². The van der Waals surface area contributed by atoms with Crippen LogP contribution in [0.2, 0.25) is 0 Å². The Balaban J connectivity index is 2.39. The van der Waals surface area contributed by atoms with Crippen LogP contribution in [0.1, 0.15) is 0 Å². The molecule has 0 aliphatic rings. The molecule has 0 fully saturated rings. The smallest absolute Gasteiger partial charge is 0.326 e. The van der Waals surface area contributed by atoms with E-state index >= 15 is 0 Å². The van der Waals surface area contributed by atoms with Crippen LogP contribution in [0.25, 0.3) is 0 Å². The van der Waals surface area contributed by atoms with Gasteiger partial charge in [-0.25, -0.2) is 8.42 Å². The second-order valence-corrected chi connectivity index (χ2v) is 6.86. The molecular weight excluding hydrogens is 342 g/mol. The molecule has 132 valence electrons. The molecule has 2 aromatic rings. The molecule has 2 rings (SSSR count). The van der Waals surface area contributed by atoms with Gasteiger partial charge in [0.05, 0.1) is 17.7 Å². The summed E-state index contributed by atoms with van der Waals surface area (Å²) in [7, 11) is -2.70. The molecule has 0 radical (unpaired) electrons. The SMILES string of the molecule is C=CCOc1ccc(N(CC(=O)OC)S(=O)(=O)c2ccccc2)cc1. The van der Waals surface area contributed by atoms with Crippen LogP contribution in [-0.4, -0.2) is 34.6 Å². The summed E-state index contributed by atoms with van der Waals surface area (Å²) >= 11 is 0. The van der Waals surface area contributed by atoms with Gasteiger partial charge in [-0.15, -0.1) is 0 Å². The number of anilines is 1. The minimum absolute atomic E-state index is 0.0888.